The summed E-state index contributed by atoms with van der Waals surface area (Å²) in [7, 11) is 0. The van der Waals surface area contributed by atoms with Crippen molar-refractivity contribution in [3.05, 3.63) is 0 Å². The van der Waals surface area contributed by atoms with Crippen molar-refractivity contribution in [2.75, 3.05) is 26.6 Å². The molecule has 0 aromatic carbocycles. The molecule has 0 rings (SSSR count). The van der Waals surface area contributed by atoms with Crippen molar-refractivity contribution >= 4 is 17.5 Å². The monoisotopic (exact) mass is 388 g/mol. The number of rotatable bonds is 17. The first-order valence-electron chi connectivity index (χ1n) is 9.86. The summed E-state index contributed by atoms with van der Waals surface area (Å²) >= 11 is 0. The number of carbonyl (C=O) groups is 3. The molecule has 0 radical (unpaired) electrons. The molecule has 0 saturated heterocycles. The molecule has 0 aliphatic carbocycles. The average Bonchev–Trinajstić information content (AvgIpc) is 2.64. The third-order valence-electron chi connectivity index (χ3n) is 4.40. The number of Topliss-reactive ketones (excluding diaryl/α,β-unsaturated/α-hetero) is 2. The molecule has 0 aliphatic heterocycles. The molecule has 0 N–H and O–H groups in total. The standard InChI is InChI=1S/C20H36O7/c1-6-9-17(7-2)15(4)19(22)13-25-12-18(21)10-11-20(23)27-16(5)26-14-24-8-3/h15-17H,6-14H2,1-5H3. The van der Waals surface area contributed by atoms with Crippen LogP contribution in [0.2, 0.25) is 0 Å². The first kappa shape index (κ1) is 25.7. The Labute approximate surface area is 163 Å². The second kappa shape index (κ2) is 15.7. The zero-order chi connectivity index (χ0) is 20.7. The lowest BCUT2D eigenvalue weighted by Crippen LogP contribution is -2.26. The Hall–Kier alpha value is -1.31. The molecule has 0 aromatic rings. The van der Waals surface area contributed by atoms with Gasteiger partial charge < -0.3 is 18.9 Å². The quantitative estimate of drug-likeness (QED) is 0.215. The summed E-state index contributed by atoms with van der Waals surface area (Å²) in [6, 6.07) is 0. The molecular weight excluding hydrogens is 352 g/mol. The van der Waals surface area contributed by atoms with Gasteiger partial charge in [0.2, 0.25) is 6.29 Å². The lowest BCUT2D eigenvalue weighted by molar-refractivity contribution is -0.196. The highest BCUT2D eigenvalue weighted by Crippen LogP contribution is 2.21. The number of esters is 1. The van der Waals surface area contributed by atoms with E-state index in [0.717, 1.165) is 19.3 Å². The van der Waals surface area contributed by atoms with Gasteiger partial charge in [-0.25, -0.2) is 0 Å². The predicted molar refractivity (Wildman–Crippen MR) is 101 cm³/mol. The van der Waals surface area contributed by atoms with Gasteiger partial charge in [0.05, 0.1) is 6.42 Å². The van der Waals surface area contributed by atoms with Crippen molar-refractivity contribution < 1.29 is 33.3 Å². The minimum atomic E-state index is -0.732. The van der Waals surface area contributed by atoms with E-state index >= 15 is 0 Å². The normalized spacial score (nSPS) is 14.4. The predicted octanol–water partition coefficient (Wildman–Crippen LogP) is 3.28. The molecule has 7 nitrogen and oxygen atoms in total. The van der Waals surface area contributed by atoms with E-state index in [-0.39, 0.29) is 50.3 Å². The zero-order valence-corrected chi connectivity index (χ0v) is 17.5. The molecule has 0 aromatic heterocycles. The molecule has 7 heteroatoms. The van der Waals surface area contributed by atoms with Crippen molar-refractivity contribution in [1.29, 1.82) is 0 Å². The van der Waals surface area contributed by atoms with E-state index in [1.807, 2.05) is 13.8 Å². The van der Waals surface area contributed by atoms with Gasteiger partial charge in [-0.2, -0.15) is 0 Å². The van der Waals surface area contributed by atoms with Crippen LogP contribution in [0.15, 0.2) is 0 Å². The fourth-order valence-corrected chi connectivity index (χ4v) is 2.66. The fraction of sp³-hybridized carbons (Fsp3) is 0.850. The number of carbonyl (C=O) groups excluding carboxylic acids is 3. The van der Waals surface area contributed by atoms with E-state index in [2.05, 4.69) is 13.8 Å². The minimum absolute atomic E-state index is 0.00811. The summed E-state index contributed by atoms with van der Waals surface area (Å²) in [5, 5.41) is 0. The molecule has 0 saturated carbocycles. The van der Waals surface area contributed by atoms with Gasteiger partial charge in [-0.05, 0) is 19.8 Å². The van der Waals surface area contributed by atoms with Gasteiger partial charge >= 0.3 is 5.97 Å². The second-order valence-corrected chi connectivity index (χ2v) is 6.58. The Balaban J connectivity index is 3.96. The number of ether oxygens (including phenoxy) is 4. The molecule has 3 atom stereocenters. The van der Waals surface area contributed by atoms with Crippen LogP contribution in [-0.2, 0) is 33.3 Å². The summed E-state index contributed by atoms with van der Waals surface area (Å²) < 4.78 is 20.3. The van der Waals surface area contributed by atoms with Crippen LogP contribution < -0.4 is 0 Å². The lowest BCUT2D eigenvalue weighted by Gasteiger charge is -2.20. The molecule has 0 bridgehead atoms. The number of hydrogen-bond acceptors (Lipinski definition) is 7. The van der Waals surface area contributed by atoms with Crippen molar-refractivity contribution in [2.45, 2.75) is 73.0 Å². The molecule has 158 valence electrons. The Morgan fingerprint density at radius 2 is 1.63 bits per heavy atom. The van der Waals surface area contributed by atoms with E-state index < -0.39 is 12.3 Å². The Bertz CT molecular complexity index is 436. The topological polar surface area (TPSA) is 88.1 Å². The molecule has 0 aliphatic rings. The Morgan fingerprint density at radius 1 is 0.926 bits per heavy atom. The highest BCUT2D eigenvalue weighted by Gasteiger charge is 2.22. The summed E-state index contributed by atoms with van der Waals surface area (Å²) in [5.74, 6) is -0.470. The van der Waals surface area contributed by atoms with E-state index in [1.165, 1.54) is 0 Å². The van der Waals surface area contributed by atoms with Gasteiger partial charge in [0.1, 0.15) is 13.2 Å². The SMILES string of the molecule is CCCC(CC)C(C)C(=O)COCC(=O)CCC(=O)OC(C)OCOCC. The highest BCUT2D eigenvalue weighted by molar-refractivity contribution is 5.85. The van der Waals surface area contributed by atoms with Crippen molar-refractivity contribution in [3.8, 4) is 0 Å². The van der Waals surface area contributed by atoms with Gasteiger partial charge in [-0.15, -0.1) is 0 Å². The van der Waals surface area contributed by atoms with Crippen LogP contribution >= 0.6 is 0 Å². The number of ketones is 2. The highest BCUT2D eigenvalue weighted by atomic mass is 16.8. The maximum Gasteiger partial charge on any atom is 0.308 e. The third-order valence-corrected chi connectivity index (χ3v) is 4.40. The van der Waals surface area contributed by atoms with Gasteiger partial charge in [0.15, 0.2) is 18.4 Å². The Morgan fingerprint density at radius 3 is 2.22 bits per heavy atom. The summed E-state index contributed by atoms with van der Waals surface area (Å²) in [6.45, 7) is 9.82. The van der Waals surface area contributed by atoms with E-state index in [4.69, 9.17) is 18.9 Å². The third kappa shape index (κ3) is 12.7. The van der Waals surface area contributed by atoms with Crippen LogP contribution in [-0.4, -0.2) is 50.4 Å². The molecule has 0 amide bonds. The smallest absolute Gasteiger partial charge is 0.308 e. The maximum atomic E-state index is 12.2. The van der Waals surface area contributed by atoms with Gasteiger partial charge in [0.25, 0.3) is 0 Å². The van der Waals surface area contributed by atoms with Crippen molar-refractivity contribution in [3.63, 3.8) is 0 Å². The molecule has 0 spiro atoms. The summed E-state index contributed by atoms with van der Waals surface area (Å²) in [5.41, 5.74) is 0. The maximum absolute atomic E-state index is 12.2. The zero-order valence-electron chi connectivity index (χ0n) is 17.5. The lowest BCUT2D eigenvalue weighted by atomic mass is 9.85. The summed E-state index contributed by atoms with van der Waals surface area (Å²) in [4.78, 5) is 35.6. The van der Waals surface area contributed by atoms with E-state index in [1.54, 1.807) is 6.92 Å². The van der Waals surface area contributed by atoms with E-state index in [9.17, 15) is 14.4 Å². The van der Waals surface area contributed by atoms with Crippen molar-refractivity contribution in [2.24, 2.45) is 11.8 Å². The first-order chi connectivity index (χ1) is 12.8. The van der Waals surface area contributed by atoms with Crippen LogP contribution in [0.1, 0.15) is 66.7 Å². The Kier molecular flexibility index (Phi) is 15.0. The van der Waals surface area contributed by atoms with Crippen molar-refractivity contribution in [1.82, 2.24) is 0 Å². The van der Waals surface area contributed by atoms with Crippen LogP contribution in [0.5, 0.6) is 0 Å². The molecular formula is C20H36O7. The summed E-state index contributed by atoms with van der Waals surface area (Å²) in [6.07, 6.45) is 2.23. The van der Waals surface area contributed by atoms with Gasteiger partial charge in [0, 0.05) is 18.9 Å². The molecule has 27 heavy (non-hydrogen) atoms. The molecule has 0 heterocycles. The average molecular weight is 389 g/mol. The van der Waals surface area contributed by atoms with Gasteiger partial charge in [-0.1, -0.05) is 40.0 Å². The number of hydrogen-bond donors (Lipinski definition) is 0. The molecule has 0 fully saturated rings. The fourth-order valence-electron chi connectivity index (χ4n) is 2.66. The second-order valence-electron chi connectivity index (χ2n) is 6.58. The van der Waals surface area contributed by atoms with Gasteiger partial charge in [-0.3, -0.25) is 14.4 Å². The largest absolute Gasteiger partial charge is 0.436 e. The van der Waals surface area contributed by atoms with Crippen LogP contribution in [0.25, 0.3) is 0 Å². The van der Waals surface area contributed by atoms with Crippen LogP contribution in [0, 0.1) is 11.8 Å². The van der Waals surface area contributed by atoms with Crippen LogP contribution in [0.3, 0.4) is 0 Å². The molecule has 3 unspecified atom stereocenters. The first-order valence-corrected chi connectivity index (χ1v) is 9.86. The minimum Gasteiger partial charge on any atom is -0.436 e. The van der Waals surface area contributed by atoms with Crippen LogP contribution in [0.4, 0.5) is 0 Å². The van der Waals surface area contributed by atoms with E-state index in [0.29, 0.717) is 12.5 Å².